The molecule has 1 aliphatic heterocycles. The van der Waals surface area contributed by atoms with E-state index in [0.717, 1.165) is 37.4 Å². The van der Waals surface area contributed by atoms with Crippen LogP contribution in [0.3, 0.4) is 0 Å². The van der Waals surface area contributed by atoms with E-state index in [1.165, 1.54) is 11.1 Å². The van der Waals surface area contributed by atoms with E-state index in [9.17, 15) is 4.79 Å². The minimum absolute atomic E-state index is 0.139. The van der Waals surface area contributed by atoms with Crippen molar-refractivity contribution in [3.05, 3.63) is 59.7 Å². The molecule has 4 heteroatoms. The van der Waals surface area contributed by atoms with Gasteiger partial charge in [0, 0.05) is 12.2 Å². The summed E-state index contributed by atoms with van der Waals surface area (Å²) in [4.78, 5) is 14.2. The number of methoxy groups -OCH3 is 1. The van der Waals surface area contributed by atoms with Gasteiger partial charge in [0.05, 0.1) is 13.7 Å². The Morgan fingerprint density at radius 1 is 1.22 bits per heavy atom. The van der Waals surface area contributed by atoms with Gasteiger partial charge in [0.15, 0.2) is 0 Å². The van der Waals surface area contributed by atoms with Crippen LogP contribution in [0.25, 0.3) is 0 Å². The average Bonchev–Trinajstić information content (AvgIpc) is 3.03. The van der Waals surface area contributed by atoms with Crippen molar-refractivity contribution in [1.29, 1.82) is 0 Å². The molecule has 0 unspecified atom stereocenters. The number of para-hydroxylation sites is 1. The average molecular weight is 310 g/mol. The molecule has 0 radical (unpaired) electrons. The molecule has 0 saturated carbocycles. The van der Waals surface area contributed by atoms with E-state index in [0.29, 0.717) is 6.54 Å². The van der Waals surface area contributed by atoms with E-state index >= 15 is 0 Å². The number of amides is 1. The molecule has 0 atom stereocenters. The predicted molar refractivity (Wildman–Crippen MR) is 92.1 cm³/mol. The predicted octanol–water partition coefficient (Wildman–Crippen LogP) is 2.42. The molecule has 1 amide bonds. The lowest BCUT2D eigenvalue weighted by molar-refractivity contribution is -0.117. The molecule has 0 aliphatic carbocycles. The number of nitrogens with one attached hydrogen (secondary N) is 1. The van der Waals surface area contributed by atoms with Crippen LogP contribution < -0.4 is 15.0 Å². The highest BCUT2D eigenvalue weighted by Crippen LogP contribution is 2.27. The summed E-state index contributed by atoms with van der Waals surface area (Å²) in [7, 11) is 1.67. The van der Waals surface area contributed by atoms with Crippen LogP contribution in [0.15, 0.2) is 48.5 Å². The Balaban J connectivity index is 1.47. The van der Waals surface area contributed by atoms with Crippen molar-refractivity contribution >= 4 is 11.6 Å². The third kappa shape index (κ3) is 3.71. The first kappa shape index (κ1) is 15.6. The van der Waals surface area contributed by atoms with E-state index in [1.807, 2.05) is 41.3 Å². The van der Waals surface area contributed by atoms with Gasteiger partial charge in [-0.3, -0.25) is 4.79 Å². The molecule has 1 N–H and O–H groups in total. The van der Waals surface area contributed by atoms with Crippen molar-refractivity contribution in [3.8, 4) is 5.75 Å². The van der Waals surface area contributed by atoms with Gasteiger partial charge in [-0.1, -0.05) is 30.3 Å². The fraction of sp³-hybridized carbons (Fsp3) is 0.316. The highest BCUT2D eigenvalue weighted by Gasteiger charge is 2.23. The van der Waals surface area contributed by atoms with Gasteiger partial charge < -0.3 is 15.0 Å². The SMILES string of the molecule is COc1cccc(CCNCC(=O)N2CCc3ccccc32)c1. The first-order valence-corrected chi connectivity index (χ1v) is 8.00. The summed E-state index contributed by atoms with van der Waals surface area (Å²) in [6.07, 6.45) is 1.83. The standard InChI is InChI=1S/C19H22N2O2/c1-23-17-7-4-5-15(13-17)9-11-20-14-19(22)21-12-10-16-6-2-3-8-18(16)21/h2-8,13,20H,9-12,14H2,1H3. The maximum absolute atomic E-state index is 12.4. The molecule has 0 fully saturated rings. The second kappa shape index (κ2) is 7.29. The van der Waals surface area contributed by atoms with E-state index in [4.69, 9.17) is 4.74 Å². The zero-order valence-corrected chi connectivity index (χ0v) is 13.4. The number of rotatable bonds is 6. The monoisotopic (exact) mass is 310 g/mol. The second-order valence-corrected chi connectivity index (χ2v) is 5.70. The molecular weight excluding hydrogens is 288 g/mol. The lowest BCUT2D eigenvalue weighted by Gasteiger charge is -2.17. The summed E-state index contributed by atoms with van der Waals surface area (Å²) in [5.74, 6) is 1.01. The molecule has 2 aromatic carbocycles. The van der Waals surface area contributed by atoms with E-state index in [-0.39, 0.29) is 5.91 Å². The Morgan fingerprint density at radius 2 is 2.09 bits per heavy atom. The molecule has 1 heterocycles. The van der Waals surface area contributed by atoms with Crippen molar-refractivity contribution in [1.82, 2.24) is 5.32 Å². The van der Waals surface area contributed by atoms with Crippen molar-refractivity contribution in [2.24, 2.45) is 0 Å². The number of hydrogen-bond acceptors (Lipinski definition) is 3. The minimum atomic E-state index is 0.139. The summed E-state index contributed by atoms with van der Waals surface area (Å²) in [5.41, 5.74) is 3.53. The zero-order valence-electron chi connectivity index (χ0n) is 13.4. The van der Waals surface area contributed by atoms with Gasteiger partial charge >= 0.3 is 0 Å². The van der Waals surface area contributed by atoms with Gasteiger partial charge in [-0.25, -0.2) is 0 Å². The molecule has 0 aromatic heterocycles. The van der Waals surface area contributed by atoms with Crippen LogP contribution in [0.4, 0.5) is 5.69 Å². The molecule has 23 heavy (non-hydrogen) atoms. The fourth-order valence-electron chi connectivity index (χ4n) is 2.95. The van der Waals surface area contributed by atoms with Crippen molar-refractivity contribution in [3.63, 3.8) is 0 Å². The Morgan fingerprint density at radius 3 is 2.96 bits per heavy atom. The molecule has 0 spiro atoms. The summed E-state index contributed by atoms with van der Waals surface area (Å²) in [5, 5.41) is 3.25. The Hall–Kier alpha value is -2.33. The molecule has 0 saturated heterocycles. The van der Waals surface area contributed by atoms with E-state index < -0.39 is 0 Å². The number of anilines is 1. The van der Waals surface area contributed by atoms with Crippen molar-refractivity contribution in [2.75, 3.05) is 31.6 Å². The maximum atomic E-state index is 12.4. The number of nitrogens with zero attached hydrogens (tertiary/aromatic N) is 1. The quantitative estimate of drug-likeness (QED) is 0.833. The smallest absolute Gasteiger partial charge is 0.240 e. The number of ether oxygens (including phenoxy) is 1. The highest BCUT2D eigenvalue weighted by atomic mass is 16.5. The van der Waals surface area contributed by atoms with Crippen LogP contribution in [0.1, 0.15) is 11.1 Å². The Bertz CT molecular complexity index is 685. The first-order chi connectivity index (χ1) is 11.3. The lowest BCUT2D eigenvalue weighted by atomic mass is 10.1. The number of carbonyl (C=O) groups is 1. The van der Waals surface area contributed by atoms with Gasteiger partial charge in [0.1, 0.15) is 5.75 Å². The topological polar surface area (TPSA) is 41.6 Å². The summed E-state index contributed by atoms with van der Waals surface area (Å²) < 4.78 is 5.22. The van der Waals surface area contributed by atoms with Crippen LogP contribution in [0, 0.1) is 0 Å². The van der Waals surface area contributed by atoms with Crippen LogP contribution in [0.5, 0.6) is 5.75 Å². The molecule has 2 aromatic rings. The lowest BCUT2D eigenvalue weighted by Crippen LogP contribution is -2.37. The molecular formula is C19H22N2O2. The largest absolute Gasteiger partial charge is 0.497 e. The minimum Gasteiger partial charge on any atom is -0.497 e. The molecule has 0 bridgehead atoms. The number of benzene rings is 2. The van der Waals surface area contributed by atoms with Crippen LogP contribution in [0.2, 0.25) is 0 Å². The van der Waals surface area contributed by atoms with Gasteiger partial charge in [0.2, 0.25) is 5.91 Å². The normalized spacial score (nSPS) is 13.0. The second-order valence-electron chi connectivity index (χ2n) is 5.70. The Labute approximate surface area is 137 Å². The van der Waals surface area contributed by atoms with Crippen LogP contribution in [-0.2, 0) is 17.6 Å². The maximum Gasteiger partial charge on any atom is 0.240 e. The summed E-state index contributed by atoms with van der Waals surface area (Å²) in [6, 6.07) is 16.2. The molecule has 120 valence electrons. The van der Waals surface area contributed by atoms with Gasteiger partial charge in [-0.2, -0.15) is 0 Å². The number of fused-ring (bicyclic) bond motifs is 1. The summed E-state index contributed by atoms with van der Waals surface area (Å²) >= 11 is 0. The Kier molecular flexibility index (Phi) is 4.93. The molecule has 1 aliphatic rings. The zero-order chi connectivity index (χ0) is 16.1. The number of hydrogen-bond donors (Lipinski definition) is 1. The first-order valence-electron chi connectivity index (χ1n) is 8.00. The fourth-order valence-corrected chi connectivity index (χ4v) is 2.95. The van der Waals surface area contributed by atoms with Crippen molar-refractivity contribution < 1.29 is 9.53 Å². The third-order valence-electron chi connectivity index (χ3n) is 4.19. The van der Waals surface area contributed by atoms with Crippen molar-refractivity contribution in [2.45, 2.75) is 12.8 Å². The summed E-state index contributed by atoms with van der Waals surface area (Å²) in [6.45, 7) is 1.93. The highest BCUT2D eigenvalue weighted by molar-refractivity contribution is 5.96. The van der Waals surface area contributed by atoms with Crippen LogP contribution in [-0.4, -0.2) is 32.7 Å². The van der Waals surface area contributed by atoms with Crippen LogP contribution >= 0.6 is 0 Å². The van der Waals surface area contributed by atoms with Gasteiger partial charge in [-0.15, -0.1) is 0 Å². The number of carbonyl (C=O) groups excluding carboxylic acids is 1. The molecule has 3 rings (SSSR count). The van der Waals surface area contributed by atoms with E-state index in [2.05, 4.69) is 17.4 Å². The third-order valence-corrected chi connectivity index (χ3v) is 4.19. The van der Waals surface area contributed by atoms with Gasteiger partial charge in [-0.05, 0) is 48.7 Å². The van der Waals surface area contributed by atoms with Gasteiger partial charge in [0.25, 0.3) is 0 Å². The molecule has 4 nitrogen and oxygen atoms in total. The van der Waals surface area contributed by atoms with E-state index in [1.54, 1.807) is 7.11 Å².